The summed E-state index contributed by atoms with van der Waals surface area (Å²) in [6, 6.07) is 9.78. The first kappa shape index (κ1) is 15.3. The Morgan fingerprint density at radius 3 is 2.43 bits per heavy atom. The lowest BCUT2D eigenvalue weighted by Gasteiger charge is -2.16. The van der Waals surface area contributed by atoms with Gasteiger partial charge in [0.1, 0.15) is 11.6 Å². The first-order chi connectivity index (χ1) is 10.0. The first-order valence-corrected chi connectivity index (χ1v) is 6.95. The fourth-order valence-electron chi connectivity index (χ4n) is 2.10. The van der Waals surface area contributed by atoms with Gasteiger partial charge in [-0.2, -0.15) is 0 Å². The Balaban J connectivity index is 2.38. The van der Waals surface area contributed by atoms with Gasteiger partial charge in [-0.25, -0.2) is 4.39 Å². The lowest BCUT2D eigenvalue weighted by Crippen LogP contribution is -2.07. The number of halogens is 1. The van der Waals surface area contributed by atoms with Crippen LogP contribution in [0.25, 0.3) is 0 Å². The predicted octanol–water partition coefficient (Wildman–Crippen LogP) is 4.21. The van der Waals surface area contributed by atoms with Gasteiger partial charge in [-0.3, -0.25) is 0 Å². The Morgan fingerprint density at radius 1 is 1.10 bits per heavy atom. The zero-order valence-corrected chi connectivity index (χ0v) is 12.5. The van der Waals surface area contributed by atoms with Crippen LogP contribution in [-0.4, -0.2) is 7.11 Å². The predicted molar refractivity (Wildman–Crippen MR) is 81.4 cm³/mol. The molecule has 2 rings (SSSR count). The largest absolute Gasteiger partial charge is 0.493 e. The minimum atomic E-state index is -0.331. The van der Waals surface area contributed by atoms with Gasteiger partial charge in [0.05, 0.1) is 7.11 Å². The molecule has 0 aliphatic rings. The third kappa shape index (κ3) is 3.52. The molecule has 3 nitrogen and oxygen atoms in total. The summed E-state index contributed by atoms with van der Waals surface area (Å²) in [6.07, 6.45) is 0.915. The Labute approximate surface area is 124 Å². The molecule has 2 aromatic carbocycles. The highest BCUT2D eigenvalue weighted by Crippen LogP contribution is 2.35. The summed E-state index contributed by atoms with van der Waals surface area (Å²) in [6.45, 7) is 3.86. The molecule has 0 heterocycles. The number of benzene rings is 2. The zero-order valence-electron chi connectivity index (χ0n) is 12.5. The summed E-state index contributed by atoms with van der Waals surface area (Å²) in [5, 5.41) is 0. The van der Waals surface area contributed by atoms with Crippen molar-refractivity contribution in [3.63, 3.8) is 0 Å². The molecule has 0 spiro atoms. The van der Waals surface area contributed by atoms with Crippen LogP contribution in [0, 0.1) is 5.82 Å². The second-order valence-electron chi connectivity index (χ2n) is 4.91. The molecule has 112 valence electrons. The van der Waals surface area contributed by atoms with Gasteiger partial charge in [-0.15, -0.1) is 0 Å². The summed E-state index contributed by atoms with van der Waals surface area (Å²) in [5.41, 5.74) is 7.66. The van der Waals surface area contributed by atoms with Crippen LogP contribution in [0.2, 0.25) is 0 Å². The molecule has 0 amide bonds. The van der Waals surface area contributed by atoms with Gasteiger partial charge in [0.25, 0.3) is 0 Å². The van der Waals surface area contributed by atoms with Crippen LogP contribution >= 0.6 is 0 Å². The van der Waals surface area contributed by atoms with E-state index in [1.165, 1.54) is 12.1 Å². The molecule has 0 radical (unpaired) electrons. The normalized spacial score (nSPS) is 12.0. The molecule has 0 aliphatic heterocycles. The van der Waals surface area contributed by atoms with Crippen molar-refractivity contribution < 1.29 is 13.9 Å². The van der Waals surface area contributed by atoms with Crippen LogP contribution in [0.4, 0.5) is 4.39 Å². The van der Waals surface area contributed by atoms with Gasteiger partial charge >= 0.3 is 0 Å². The maximum absolute atomic E-state index is 13.4. The molecule has 0 aliphatic carbocycles. The van der Waals surface area contributed by atoms with E-state index in [9.17, 15) is 4.39 Å². The van der Waals surface area contributed by atoms with Gasteiger partial charge < -0.3 is 15.2 Å². The minimum Gasteiger partial charge on any atom is -0.493 e. The lowest BCUT2D eigenvalue weighted by molar-refractivity contribution is 0.376. The van der Waals surface area contributed by atoms with Crippen LogP contribution in [-0.2, 0) is 6.42 Å². The van der Waals surface area contributed by atoms with Crippen molar-refractivity contribution in [1.29, 1.82) is 0 Å². The number of hydrogen-bond acceptors (Lipinski definition) is 3. The van der Waals surface area contributed by atoms with E-state index < -0.39 is 0 Å². The van der Waals surface area contributed by atoms with E-state index in [2.05, 4.69) is 6.92 Å². The zero-order chi connectivity index (χ0) is 15.4. The second kappa shape index (κ2) is 6.59. The molecule has 4 heteroatoms. The van der Waals surface area contributed by atoms with Gasteiger partial charge in [-0.1, -0.05) is 13.0 Å². The molecule has 21 heavy (non-hydrogen) atoms. The first-order valence-electron chi connectivity index (χ1n) is 6.95. The Hall–Kier alpha value is -2.07. The molecule has 2 aromatic rings. The number of methoxy groups -OCH3 is 1. The van der Waals surface area contributed by atoms with Crippen molar-refractivity contribution in [1.82, 2.24) is 0 Å². The van der Waals surface area contributed by atoms with Crippen LogP contribution in [0.15, 0.2) is 36.4 Å². The van der Waals surface area contributed by atoms with Crippen molar-refractivity contribution in [2.24, 2.45) is 5.73 Å². The van der Waals surface area contributed by atoms with Gasteiger partial charge in [0.15, 0.2) is 11.5 Å². The SMILES string of the molecule is CCc1ccc(Oc2ccc(F)cc2[C@@H](C)N)c(OC)c1. The van der Waals surface area contributed by atoms with Crippen molar-refractivity contribution in [2.45, 2.75) is 26.3 Å². The molecular weight excluding hydrogens is 269 g/mol. The van der Waals surface area contributed by atoms with E-state index in [1.807, 2.05) is 18.2 Å². The number of rotatable bonds is 5. The van der Waals surface area contributed by atoms with Gasteiger partial charge in [-0.05, 0) is 49.2 Å². The van der Waals surface area contributed by atoms with Crippen LogP contribution in [0.3, 0.4) is 0 Å². The van der Waals surface area contributed by atoms with E-state index >= 15 is 0 Å². The summed E-state index contributed by atoms with van der Waals surface area (Å²) < 4.78 is 24.6. The maximum Gasteiger partial charge on any atom is 0.169 e. The van der Waals surface area contributed by atoms with Crippen molar-refractivity contribution in [3.8, 4) is 17.2 Å². The number of nitrogens with two attached hydrogens (primary N) is 1. The average Bonchev–Trinajstić information content (AvgIpc) is 2.49. The third-order valence-corrected chi connectivity index (χ3v) is 3.32. The second-order valence-corrected chi connectivity index (χ2v) is 4.91. The van der Waals surface area contributed by atoms with E-state index in [-0.39, 0.29) is 11.9 Å². The molecule has 0 bridgehead atoms. The lowest BCUT2D eigenvalue weighted by atomic mass is 10.1. The monoisotopic (exact) mass is 289 g/mol. The smallest absolute Gasteiger partial charge is 0.169 e. The van der Waals surface area contributed by atoms with Crippen molar-refractivity contribution >= 4 is 0 Å². The van der Waals surface area contributed by atoms with E-state index in [1.54, 1.807) is 20.1 Å². The highest BCUT2D eigenvalue weighted by Gasteiger charge is 2.13. The standard InChI is InChI=1S/C17H20FNO2/c1-4-12-5-7-16(17(9-12)20-3)21-15-8-6-13(18)10-14(15)11(2)19/h5-11H,4,19H2,1-3H3/t11-/m1/s1. The average molecular weight is 289 g/mol. The Morgan fingerprint density at radius 2 is 1.81 bits per heavy atom. The van der Waals surface area contributed by atoms with Crippen LogP contribution in [0.5, 0.6) is 17.2 Å². The summed E-state index contributed by atoms with van der Waals surface area (Å²) >= 11 is 0. The molecule has 0 aromatic heterocycles. The minimum absolute atomic E-state index is 0.323. The summed E-state index contributed by atoms with van der Waals surface area (Å²) in [7, 11) is 1.60. The molecule has 0 saturated carbocycles. The third-order valence-electron chi connectivity index (χ3n) is 3.32. The molecule has 0 unspecified atom stereocenters. The highest BCUT2D eigenvalue weighted by atomic mass is 19.1. The number of aryl methyl sites for hydroxylation is 1. The van der Waals surface area contributed by atoms with E-state index in [4.69, 9.17) is 15.2 Å². The van der Waals surface area contributed by atoms with E-state index in [0.29, 0.717) is 22.8 Å². The quantitative estimate of drug-likeness (QED) is 0.896. The Kier molecular flexibility index (Phi) is 4.81. The topological polar surface area (TPSA) is 44.5 Å². The summed E-state index contributed by atoms with van der Waals surface area (Å²) in [5.74, 6) is 1.44. The van der Waals surface area contributed by atoms with Gasteiger partial charge in [0.2, 0.25) is 0 Å². The van der Waals surface area contributed by atoms with Crippen LogP contribution < -0.4 is 15.2 Å². The number of ether oxygens (including phenoxy) is 2. The highest BCUT2D eigenvalue weighted by molar-refractivity contribution is 5.47. The molecule has 0 saturated heterocycles. The Bertz CT molecular complexity index is 626. The summed E-state index contributed by atoms with van der Waals surface area (Å²) in [4.78, 5) is 0. The fraction of sp³-hybridized carbons (Fsp3) is 0.294. The van der Waals surface area contributed by atoms with Crippen molar-refractivity contribution in [2.75, 3.05) is 7.11 Å². The maximum atomic E-state index is 13.4. The molecule has 1 atom stereocenters. The van der Waals surface area contributed by atoms with Crippen molar-refractivity contribution in [3.05, 3.63) is 53.3 Å². The van der Waals surface area contributed by atoms with E-state index in [0.717, 1.165) is 12.0 Å². The number of hydrogen-bond donors (Lipinski definition) is 1. The molecular formula is C17H20FNO2. The molecule has 2 N–H and O–H groups in total. The molecule has 0 fully saturated rings. The van der Waals surface area contributed by atoms with Crippen LogP contribution in [0.1, 0.15) is 31.0 Å². The van der Waals surface area contributed by atoms with Gasteiger partial charge in [0, 0.05) is 11.6 Å². The fourth-order valence-corrected chi connectivity index (χ4v) is 2.10.